The summed E-state index contributed by atoms with van der Waals surface area (Å²) in [6, 6.07) is 0. The third-order valence-electron chi connectivity index (χ3n) is 5.71. The fourth-order valence-corrected chi connectivity index (χ4v) is 11.6. The maximum absolute atomic E-state index is 12.5. The largest absolute Gasteiger partial charge is 0.433 e. The van der Waals surface area contributed by atoms with Crippen LogP contribution in [-0.4, -0.2) is 8.07 Å². The fraction of sp³-hybridized carbons (Fsp3) is 0.722. The Bertz CT molecular complexity index is 560. The molecule has 3 heteroatoms. The van der Waals surface area contributed by atoms with Crippen molar-refractivity contribution in [1.29, 1.82) is 0 Å². The minimum absolute atomic E-state index is 0.0538. The molecule has 0 N–H and O–H groups in total. The number of fused-ring (bicyclic) bond motifs is 1. The van der Waals surface area contributed by atoms with E-state index in [-0.39, 0.29) is 5.63 Å². The van der Waals surface area contributed by atoms with Crippen LogP contribution in [-0.2, 0) is 12.8 Å². The van der Waals surface area contributed by atoms with E-state index in [1.165, 1.54) is 11.1 Å². The molecule has 0 saturated heterocycles. The topological polar surface area (TPSA) is 30.2 Å². The molecule has 21 heavy (non-hydrogen) atoms. The van der Waals surface area contributed by atoms with Crippen molar-refractivity contribution in [2.45, 2.75) is 84.4 Å². The van der Waals surface area contributed by atoms with Crippen LogP contribution >= 0.6 is 0 Å². The van der Waals surface area contributed by atoms with Crippen molar-refractivity contribution >= 4 is 13.5 Å². The molecular formula is C18H30O2Si. The molecule has 0 amide bonds. The van der Waals surface area contributed by atoms with E-state index >= 15 is 0 Å². The van der Waals surface area contributed by atoms with E-state index in [0.29, 0.717) is 16.6 Å². The molecule has 1 aromatic rings. The first-order chi connectivity index (χ1) is 9.74. The molecule has 1 aromatic heterocycles. The van der Waals surface area contributed by atoms with Crippen LogP contribution in [0.3, 0.4) is 0 Å². The second-order valence-electron chi connectivity index (χ2n) is 7.55. The summed E-state index contributed by atoms with van der Waals surface area (Å²) in [6.45, 7) is 16.1. The predicted molar refractivity (Wildman–Crippen MR) is 92.4 cm³/mol. The van der Waals surface area contributed by atoms with Gasteiger partial charge in [0.1, 0.15) is 8.07 Å². The standard InChI is InChI=1S/C18H30O2Si/c1-11(2)21(12(3)4,13(5)6)18-14(7)15-9-8-10-16(15)17(19)20-18/h11-13H,8-10H2,1-7H3. The van der Waals surface area contributed by atoms with E-state index in [4.69, 9.17) is 4.42 Å². The average Bonchev–Trinajstić information content (AvgIpc) is 2.84. The summed E-state index contributed by atoms with van der Waals surface area (Å²) < 4.78 is 6.01. The van der Waals surface area contributed by atoms with Gasteiger partial charge in [-0.1, -0.05) is 41.5 Å². The number of hydrogen-bond donors (Lipinski definition) is 0. The van der Waals surface area contributed by atoms with Gasteiger partial charge in [-0.15, -0.1) is 0 Å². The molecular weight excluding hydrogens is 276 g/mol. The van der Waals surface area contributed by atoms with Crippen molar-refractivity contribution in [3.63, 3.8) is 0 Å². The van der Waals surface area contributed by atoms with Crippen LogP contribution in [0.1, 0.15) is 64.7 Å². The quantitative estimate of drug-likeness (QED) is 0.775. The Morgan fingerprint density at radius 1 is 0.905 bits per heavy atom. The van der Waals surface area contributed by atoms with Gasteiger partial charge >= 0.3 is 5.63 Å². The van der Waals surface area contributed by atoms with Crippen LogP contribution in [0.5, 0.6) is 0 Å². The van der Waals surface area contributed by atoms with E-state index in [0.717, 1.165) is 30.2 Å². The highest BCUT2D eigenvalue weighted by Gasteiger charge is 2.48. The lowest BCUT2D eigenvalue weighted by molar-refractivity contribution is 0.521. The summed E-state index contributed by atoms with van der Waals surface area (Å²) in [5, 5.41) is 1.09. The molecule has 1 aliphatic rings. The van der Waals surface area contributed by atoms with Crippen molar-refractivity contribution < 1.29 is 4.42 Å². The molecule has 0 aliphatic heterocycles. The molecule has 0 fully saturated rings. The zero-order chi connectivity index (χ0) is 15.9. The number of rotatable bonds is 4. The van der Waals surface area contributed by atoms with Gasteiger partial charge in [0.15, 0.2) is 0 Å². The van der Waals surface area contributed by atoms with Gasteiger partial charge < -0.3 is 4.42 Å². The van der Waals surface area contributed by atoms with Crippen molar-refractivity contribution in [2.24, 2.45) is 0 Å². The van der Waals surface area contributed by atoms with E-state index in [1.807, 2.05) is 0 Å². The van der Waals surface area contributed by atoms with Gasteiger partial charge in [0, 0.05) is 5.56 Å². The lowest BCUT2D eigenvalue weighted by Crippen LogP contribution is -2.57. The van der Waals surface area contributed by atoms with Crippen LogP contribution in [0.4, 0.5) is 0 Å². The Balaban J connectivity index is 2.79. The zero-order valence-electron chi connectivity index (χ0n) is 14.7. The molecule has 2 nitrogen and oxygen atoms in total. The fourth-order valence-electron chi connectivity index (χ4n) is 4.95. The van der Waals surface area contributed by atoms with Gasteiger partial charge in [-0.3, -0.25) is 0 Å². The van der Waals surface area contributed by atoms with Crippen LogP contribution in [0.2, 0.25) is 16.6 Å². The molecule has 0 saturated carbocycles. The van der Waals surface area contributed by atoms with Crippen molar-refractivity contribution in [3.8, 4) is 0 Å². The highest BCUT2D eigenvalue weighted by atomic mass is 28.3. The first-order valence-electron chi connectivity index (χ1n) is 8.40. The van der Waals surface area contributed by atoms with Crippen molar-refractivity contribution in [3.05, 3.63) is 27.1 Å². The van der Waals surface area contributed by atoms with Crippen LogP contribution in [0, 0.1) is 6.92 Å². The smallest absolute Gasteiger partial charge is 0.338 e. The third kappa shape index (κ3) is 2.34. The Morgan fingerprint density at radius 3 is 1.86 bits per heavy atom. The highest BCUT2D eigenvalue weighted by Crippen LogP contribution is 2.42. The Kier molecular flexibility index (Phi) is 4.53. The Morgan fingerprint density at radius 2 is 1.38 bits per heavy atom. The van der Waals surface area contributed by atoms with Crippen LogP contribution in [0.15, 0.2) is 9.21 Å². The van der Waals surface area contributed by atoms with Crippen molar-refractivity contribution in [1.82, 2.24) is 0 Å². The van der Waals surface area contributed by atoms with E-state index < -0.39 is 8.07 Å². The predicted octanol–water partition coefficient (Wildman–Crippen LogP) is 4.32. The summed E-state index contributed by atoms with van der Waals surface area (Å²) in [7, 11) is -1.89. The average molecular weight is 307 g/mol. The zero-order valence-corrected chi connectivity index (χ0v) is 15.7. The second-order valence-corrected chi connectivity index (χ2v) is 13.3. The van der Waals surface area contributed by atoms with E-state index in [1.54, 1.807) is 0 Å². The minimum Gasteiger partial charge on any atom is -0.433 e. The monoisotopic (exact) mass is 306 g/mol. The first kappa shape index (κ1) is 16.5. The van der Waals surface area contributed by atoms with Crippen LogP contribution < -0.4 is 11.0 Å². The highest BCUT2D eigenvalue weighted by molar-refractivity contribution is 6.94. The minimum atomic E-state index is -1.89. The molecule has 0 atom stereocenters. The maximum atomic E-state index is 12.5. The van der Waals surface area contributed by atoms with Crippen LogP contribution in [0.25, 0.3) is 0 Å². The maximum Gasteiger partial charge on any atom is 0.338 e. The summed E-state index contributed by atoms with van der Waals surface area (Å²) in [6.07, 6.45) is 3.06. The number of hydrogen-bond acceptors (Lipinski definition) is 2. The summed E-state index contributed by atoms with van der Waals surface area (Å²) in [4.78, 5) is 12.5. The Labute approximate surface area is 130 Å². The van der Waals surface area contributed by atoms with E-state index in [9.17, 15) is 4.79 Å². The molecule has 2 rings (SSSR count). The lowest BCUT2D eigenvalue weighted by Gasteiger charge is -2.42. The van der Waals surface area contributed by atoms with Crippen molar-refractivity contribution in [2.75, 3.05) is 0 Å². The first-order valence-corrected chi connectivity index (χ1v) is 10.6. The third-order valence-corrected chi connectivity index (χ3v) is 12.7. The molecule has 0 radical (unpaired) electrons. The van der Waals surface area contributed by atoms with Gasteiger partial charge in [-0.05, 0) is 53.9 Å². The summed E-state index contributed by atoms with van der Waals surface area (Å²) >= 11 is 0. The second kappa shape index (κ2) is 5.75. The molecule has 0 spiro atoms. The molecule has 0 bridgehead atoms. The summed E-state index contributed by atoms with van der Waals surface area (Å²) in [5.74, 6) is 0. The van der Waals surface area contributed by atoms with Gasteiger partial charge in [-0.25, -0.2) is 4.79 Å². The summed E-state index contributed by atoms with van der Waals surface area (Å²) in [5.41, 5.74) is 5.21. The lowest BCUT2D eigenvalue weighted by atomic mass is 10.1. The van der Waals surface area contributed by atoms with E-state index in [2.05, 4.69) is 48.5 Å². The normalized spacial score (nSPS) is 15.3. The van der Waals surface area contributed by atoms with Gasteiger partial charge in [0.25, 0.3) is 0 Å². The SMILES string of the molecule is Cc1c([Si](C(C)C)(C(C)C)C(C)C)oc(=O)c2c1CCC2. The van der Waals surface area contributed by atoms with Gasteiger partial charge in [0.05, 0.1) is 5.38 Å². The molecule has 1 heterocycles. The molecule has 0 aromatic carbocycles. The Hall–Kier alpha value is -0.833. The van der Waals surface area contributed by atoms with Gasteiger partial charge in [0.2, 0.25) is 0 Å². The van der Waals surface area contributed by atoms with Gasteiger partial charge in [-0.2, -0.15) is 0 Å². The molecule has 0 unspecified atom stereocenters. The molecule has 118 valence electrons. The molecule has 1 aliphatic carbocycles.